The van der Waals surface area contributed by atoms with Crippen molar-refractivity contribution in [3.05, 3.63) is 22.2 Å². The molecule has 0 unspecified atom stereocenters. The summed E-state index contributed by atoms with van der Waals surface area (Å²) < 4.78 is 61.5. The van der Waals surface area contributed by atoms with Gasteiger partial charge in [-0.3, -0.25) is 0 Å². The lowest BCUT2D eigenvalue weighted by molar-refractivity contribution is -0.0327. The molecule has 1 rings (SSSR count). The standard InChI is InChI=1S/C9H9Cl2F3N2O2S2/c10-5-3-6(11)8(7(15)4-5)20(17,18)16-1-2-19-9(12,13)14/h3-4,16H,1-2,15H2. The molecule has 0 saturated carbocycles. The van der Waals surface area contributed by atoms with Crippen LogP contribution in [0.15, 0.2) is 17.0 Å². The highest BCUT2D eigenvalue weighted by Crippen LogP contribution is 2.32. The number of hydrogen-bond donors (Lipinski definition) is 2. The van der Waals surface area contributed by atoms with Gasteiger partial charge in [-0.1, -0.05) is 23.2 Å². The molecule has 11 heteroatoms. The molecule has 0 radical (unpaired) electrons. The number of benzene rings is 1. The number of halogens is 5. The summed E-state index contributed by atoms with van der Waals surface area (Å²) in [5.41, 5.74) is 0.912. The lowest BCUT2D eigenvalue weighted by atomic mass is 10.3. The molecule has 0 spiro atoms. The zero-order valence-electron chi connectivity index (χ0n) is 9.67. The molecule has 20 heavy (non-hydrogen) atoms. The minimum absolute atomic E-state index is 0.152. The maximum Gasteiger partial charge on any atom is 0.441 e. The van der Waals surface area contributed by atoms with Crippen LogP contribution in [0.1, 0.15) is 0 Å². The quantitative estimate of drug-likeness (QED) is 0.618. The Morgan fingerprint density at radius 1 is 1.30 bits per heavy atom. The SMILES string of the molecule is Nc1cc(Cl)cc(Cl)c1S(=O)(=O)NCCSC(F)(F)F. The first-order valence-electron chi connectivity index (χ1n) is 4.98. The summed E-state index contributed by atoms with van der Waals surface area (Å²) in [6, 6.07) is 2.37. The fraction of sp³-hybridized carbons (Fsp3) is 0.333. The van der Waals surface area contributed by atoms with E-state index < -0.39 is 32.7 Å². The molecule has 0 heterocycles. The second kappa shape index (κ2) is 6.61. The lowest BCUT2D eigenvalue weighted by Gasteiger charge is -2.11. The average molecular weight is 369 g/mol. The Morgan fingerprint density at radius 2 is 1.90 bits per heavy atom. The molecule has 0 aromatic heterocycles. The summed E-state index contributed by atoms with van der Waals surface area (Å²) in [5.74, 6) is -0.464. The molecule has 0 aliphatic heterocycles. The zero-order valence-corrected chi connectivity index (χ0v) is 12.8. The molecule has 4 nitrogen and oxygen atoms in total. The van der Waals surface area contributed by atoms with Gasteiger partial charge in [-0.2, -0.15) is 13.2 Å². The van der Waals surface area contributed by atoms with Gasteiger partial charge in [0.15, 0.2) is 0 Å². The van der Waals surface area contributed by atoms with Gasteiger partial charge in [0.05, 0.1) is 10.7 Å². The number of thioether (sulfide) groups is 1. The maximum atomic E-state index is 11.9. The molecule has 0 bridgehead atoms. The molecule has 0 amide bonds. The second-order valence-corrected chi connectivity index (χ2v) is 7.21. The Bertz CT molecular complexity index is 570. The third kappa shape index (κ3) is 5.21. The largest absolute Gasteiger partial charge is 0.441 e. The van der Waals surface area contributed by atoms with Gasteiger partial charge >= 0.3 is 5.51 Å². The summed E-state index contributed by atoms with van der Waals surface area (Å²) in [5, 5.41) is -0.0509. The van der Waals surface area contributed by atoms with Crippen LogP contribution in [0, 0.1) is 0 Å². The predicted octanol–water partition coefficient (Wildman–Crippen LogP) is 3.11. The van der Waals surface area contributed by atoms with Crippen LogP contribution < -0.4 is 10.5 Å². The minimum atomic E-state index is -4.41. The monoisotopic (exact) mass is 368 g/mol. The second-order valence-electron chi connectivity index (χ2n) is 3.50. The van der Waals surface area contributed by atoms with E-state index in [2.05, 4.69) is 0 Å². The molecule has 1 aromatic rings. The van der Waals surface area contributed by atoms with E-state index in [9.17, 15) is 21.6 Å². The number of alkyl halides is 3. The molecule has 0 atom stereocenters. The first kappa shape index (κ1) is 17.7. The molecule has 114 valence electrons. The highest BCUT2D eigenvalue weighted by molar-refractivity contribution is 8.00. The van der Waals surface area contributed by atoms with Crippen molar-refractivity contribution in [3.63, 3.8) is 0 Å². The highest BCUT2D eigenvalue weighted by atomic mass is 35.5. The maximum absolute atomic E-state index is 11.9. The summed E-state index contributed by atoms with van der Waals surface area (Å²) >= 11 is 11.0. The number of rotatable bonds is 5. The van der Waals surface area contributed by atoms with Crippen molar-refractivity contribution in [3.8, 4) is 0 Å². The van der Waals surface area contributed by atoms with E-state index >= 15 is 0 Å². The fourth-order valence-electron chi connectivity index (χ4n) is 1.28. The Balaban J connectivity index is 2.80. The number of sulfonamides is 1. The van der Waals surface area contributed by atoms with Crippen molar-refractivity contribution >= 4 is 50.7 Å². The van der Waals surface area contributed by atoms with Crippen molar-refractivity contribution in [1.82, 2.24) is 4.72 Å². The van der Waals surface area contributed by atoms with Crippen molar-refractivity contribution in [2.75, 3.05) is 18.0 Å². The average Bonchev–Trinajstić information content (AvgIpc) is 2.21. The smallest absolute Gasteiger partial charge is 0.398 e. The summed E-state index contributed by atoms with van der Waals surface area (Å²) in [6.45, 7) is -0.412. The Hall–Kier alpha value is -0.350. The summed E-state index contributed by atoms with van der Waals surface area (Å²) in [6.07, 6.45) is 0. The molecule has 0 aliphatic rings. The Morgan fingerprint density at radius 3 is 2.40 bits per heavy atom. The normalized spacial score (nSPS) is 12.7. The van der Waals surface area contributed by atoms with Crippen LogP contribution in [-0.4, -0.2) is 26.2 Å². The number of nitrogens with two attached hydrogens (primary N) is 1. The molecule has 0 aliphatic carbocycles. The zero-order chi connectivity index (χ0) is 15.6. The van der Waals surface area contributed by atoms with Crippen molar-refractivity contribution < 1.29 is 21.6 Å². The summed E-state index contributed by atoms with van der Waals surface area (Å²) in [4.78, 5) is -0.402. The molecule has 0 fully saturated rings. The van der Waals surface area contributed by atoms with Gasteiger partial charge < -0.3 is 5.73 Å². The van der Waals surface area contributed by atoms with Gasteiger partial charge in [0.2, 0.25) is 10.0 Å². The van der Waals surface area contributed by atoms with E-state index in [0.29, 0.717) is 0 Å². The topological polar surface area (TPSA) is 72.2 Å². The third-order valence-corrected chi connectivity index (χ3v) is 4.91. The Kier molecular flexibility index (Phi) is 5.85. The molecule has 0 saturated heterocycles. The van der Waals surface area contributed by atoms with Crippen LogP contribution in [0.2, 0.25) is 10.0 Å². The van der Waals surface area contributed by atoms with Crippen molar-refractivity contribution in [1.29, 1.82) is 0 Å². The minimum Gasteiger partial charge on any atom is -0.398 e. The number of anilines is 1. The van der Waals surface area contributed by atoms with Crippen LogP contribution in [0.3, 0.4) is 0 Å². The highest BCUT2D eigenvalue weighted by Gasteiger charge is 2.28. The first-order valence-corrected chi connectivity index (χ1v) is 8.20. The van der Waals surface area contributed by atoms with Gasteiger partial charge in [-0.05, 0) is 23.9 Å². The van der Waals surface area contributed by atoms with E-state index in [1.54, 1.807) is 0 Å². The fourth-order valence-corrected chi connectivity index (χ4v) is 3.86. The number of nitrogens with one attached hydrogen (secondary N) is 1. The predicted molar refractivity (Wildman–Crippen MR) is 74.6 cm³/mol. The van der Waals surface area contributed by atoms with Gasteiger partial charge in [-0.15, -0.1) is 0 Å². The molecule has 1 aromatic carbocycles. The molecular formula is C9H9Cl2F3N2O2S2. The van der Waals surface area contributed by atoms with E-state index in [1.807, 2.05) is 4.72 Å². The lowest BCUT2D eigenvalue weighted by Crippen LogP contribution is -2.27. The van der Waals surface area contributed by atoms with Gasteiger partial charge in [0.1, 0.15) is 4.90 Å². The van der Waals surface area contributed by atoms with Crippen LogP contribution in [0.4, 0.5) is 18.9 Å². The first-order chi connectivity index (χ1) is 9.03. The molecular weight excluding hydrogens is 360 g/mol. The van der Waals surface area contributed by atoms with Crippen LogP contribution in [0.5, 0.6) is 0 Å². The number of nitrogen functional groups attached to an aromatic ring is 1. The Labute approximate surface area is 127 Å². The van der Waals surface area contributed by atoms with E-state index in [-0.39, 0.29) is 27.5 Å². The van der Waals surface area contributed by atoms with Gasteiger partial charge in [-0.25, -0.2) is 13.1 Å². The number of hydrogen-bond acceptors (Lipinski definition) is 4. The third-order valence-electron chi connectivity index (χ3n) is 1.97. The van der Waals surface area contributed by atoms with Crippen LogP contribution in [0.25, 0.3) is 0 Å². The van der Waals surface area contributed by atoms with E-state index in [4.69, 9.17) is 28.9 Å². The van der Waals surface area contributed by atoms with E-state index in [1.165, 1.54) is 12.1 Å². The van der Waals surface area contributed by atoms with Crippen LogP contribution in [-0.2, 0) is 10.0 Å². The van der Waals surface area contributed by atoms with Gasteiger partial charge in [0, 0.05) is 17.3 Å². The van der Waals surface area contributed by atoms with Crippen LogP contribution >= 0.6 is 35.0 Å². The van der Waals surface area contributed by atoms with E-state index in [0.717, 1.165) is 0 Å². The van der Waals surface area contributed by atoms with Crippen molar-refractivity contribution in [2.45, 2.75) is 10.4 Å². The molecule has 3 N–H and O–H groups in total. The summed E-state index contributed by atoms with van der Waals surface area (Å²) in [7, 11) is -4.10. The van der Waals surface area contributed by atoms with Gasteiger partial charge in [0.25, 0.3) is 0 Å². The van der Waals surface area contributed by atoms with Crippen molar-refractivity contribution in [2.24, 2.45) is 0 Å².